The number of alkyl carbamates (subject to hydrolysis) is 1. The van der Waals surface area contributed by atoms with Crippen LogP contribution >= 0.6 is 15.9 Å². The summed E-state index contributed by atoms with van der Waals surface area (Å²) in [6.07, 6.45) is -0.448. The van der Waals surface area contributed by atoms with E-state index < -0.39 is 6.09 Å². The van der Waals surface area contributed by atoms with Crippen molar-refractivity contribution < 1.29 is 9.53 Å². The summed E-state index contributed by atoms with van der Waals surface area (Å²) in [6, 6.07) is 7.58. The van der Waals surface area contributed by atoms with Crippen LogP contribution in [0.2, 0.25) is 0 Å². The lowest BCUT2D eigenvalue weighted by atomic mass is 10.2. The van der Waals surface area contributed by atoms with Crippen molar-refractivity contribution in [3.05, 3.63) is 34.3 Å². The van der Waals surface area contributed by atoms with E-state index in [4.69, 9.17) is 10.5 Å². The summed E-state index contributed by atoms with van der Waals surface area (Å²) in [4.78, 5) is 11.1. The highest BCUT2D eigenvalue weighted by Gasteiger charge is 2.03. The molecule has 0 aliphatic rings. The van der Waals surface area contributed by atoms with Crippen molar-refractivity contribution >= 4 is 22.0 Å². The van der Waals surface area contributed by atoms with Crippen molar-refractivity contribution in [2.45, 2.75) is 6.61 Å². The van der Waals surface area contributed by atoms with Gasteiger partial charge in [0.25, 0.3) is 0 Å². The van der Waals surface area contributed by atoms with Gasteiger partial charge < -0.3 is 15.8 Å². The second kappa shape index (κ2) is 6.42. The van der Waals surface area contributed by atoms with Crippen molar-refractivity contribution in [1.82, 2.24) is 5.32 Å². The number of carbonyl (C=O) groups excluding carboxylic acids is 1. The molecule has 1 rings (SSSR count). The molecule has 5 heteroatoms. The number of rotatable bonds is 4. The number of carbonyl (C=O) groups is 1. The zero-order chi connectivity index (χ0) is 11.1. The van der Waals surface area contributed by atoms with Gasteiger partial charge in [-0.15, -0.1) is 0 Å². The number of hydrogen-bond donors (Lipinski definition) is 2. The van der Waals surface area contributed by atoms with Crippen molar-refractivity contribution in [3.63, 3.8) is 0 Å². The first-order chi connectivity index (χ1) is 7.24. The van der Waals surface area contributed by atoms with Gasteiger partial charge in [-0.2, -0.15) is 0 Å². The largest absolute Gasteiger partial charge is 0.445 e. The molecule has 4 nitrogen and oxygen atoms in total. The number of ether oxygens (including phenoxy) is 1. The number of nitrogens with two attached hydrogens (primary N) is 1. The molecule has 0 saturated carbocycles. The van der Waals surface area contributed by atoms with Crippen molar-refractivity contribution in [3.8, 4) is 0 Å². The average Bonchev–Trinajstić information content (AvgIpc) is 2.25. The molecule has 0 fully saturated rings. The van der Waals surface area contributed by atoms with Crippen LogP contribution in [0, 0.1) is 0 Å². The van der Waals surface area contributed by atoms with Crippen LogP contribution in [0.5, 0.6) is 0 Å². The fraction of sp³-hybridized carbons (Fsp3) is 0.300. The van der Waals surface area contributed by atoms with E-state index in [0.29, 0.717) is 13.1 Å². The lowest BCUT2D eigenvalue weighted by Crippen LogP contribution is -2.29. The first-order valence-corrected chi connectivity index (χ1v) is 5.37. The Morgan fingerprint density at radius 1 is 1.47 bits per heavy atom. The third kappa shape index (κ3) is 4.31. The topological polar surface area (TPSA) is 64.3 Å². The summed E-state index contributed by atoms with van der Waals surface area (Å²) in [6.45, 7) is 1.08. The molecule has 15 heavy (non-hydrogen) atoms. The molecular weight excluding hydrogens is 260 g/mol. The first kappa shape index (κ1) is 12.0. The summed E-state index contributed by atoms with van der Waals surface area (Å²) >= 11 is 3.37. The predicted octanol–water partition coefficient (Wildman–Crippen LogP) is 1.63. The molecule has 0 unspecified atom stereocenters. The van der Waals surface area contributed by atoms with Gasteiger partial charge in [-0.3, -0.25) is 0 Å². The maximum absolute atomic E-state index is 11.1. The monoisotopic (exact) mass is 272 g/mol. The molecule has 0 atom stereocenters. The van der Waals surface area contributed by atoms with Crippen LogP contribution < -0.4 is 11.1 Å². The van der Waals surface area contributed by atoms with Crippen LogP contribution in [0.4, 0.5) is 4.79 Å². The highest BCUT2D eigenvalue weighted by molar-refractivity contribution is 9.10. The van der Waals surface area contributed by atoms with Gasteiger partial charge in [0, 0.05) is 23.1 Å². The molecule has 0 aliphatic carbocycles. The van der Waals surface area contributed by atoms with Gasteiger partial charge in [0.1, 0.15) is 6.61 Å². The van der Waals surface area contributed by atoms with E-state index in [1.165, 1.54) is 0 Å². The average molecular weight is 273 g/mol. The SMILES string of the molecule is NCCNC(=O)OCc1ccccc1Br. The minimum Gasteiger partial charge on any atom is -0.445 e. The van der Waals surface area contributed by atoms with Gasteiger partial charge in [0.05, 0.1) is 0 Å². The molecule has 3 N–H and O–H groups in total. The van der Waals surface area contributed by atoms with E-state index in [-0.39, 0.29) is 6.61 Å². The van der Waals surface area contributed by atoms with Crippen LogP contribution in [-0.4, -0.2) is 19.2 Å². The van der Waals surface area contributed by atoms with Gasteiger partial charge in [-0.25, -0.2) is 4.79 Å². The van der Waals surface area contributed by atoms with Crippen molar-refractivity contribution in [1.29, 1.82) is 0 Å². The maximum Gasteiger partial charge on any atom is 0.407 e. The van der Waals surface area contributed by atoms with E-state index in [2.05, 4.69) is 21.2 Å². The van der Waals surface area contributed by atoms with Crippen LogP contribution in [0.3, 0.4) is 0 Å². The van der Waals surface area contributed by atoms with Gasteiger partial charge in [-0.05, 0) is 6.07 Å². The zero-order valence-corrected chi connectivity index (χ0v) is 9.79. The highest BCUT2D eigenvalue weighted by Crippen LogP contribution is 2.16. The lowest BCUT2D eigenvalue weighted by molar-refractivity contribution is 0.139. The van der Waals surface area contributed by atoms with Crippen molar-refractivity contribution in [2.24, 2.45) is 5.73 Å². The second-order valence-electron chi connectivity index (χ2n) is 2.88. The second-order valence-corrected chi connectivity index (χ2v) is 3.74. The highest BCUT2D eigenvalue weighted by atomic mass is 79.9. The third-order valence-electron chi connectivity index (χ3n) is 1.73. The van der Waals surface area contributed by atoms with Gasteiger partial charge in [0.15, 0.2) is 0 Å². The fourth-order valence-electron chi connectivity index (χ4n) is 0.984. The van der Waals surface area contributed by atoms with Crippen LogP contribution in [0.1, 0.15) is 5.56 Å². The Morgan fingerprint density at radius 3 is 2.87 bits per heavy atom. The Hall–Kier alpha value is -1.07. The predicted molar refractivity (Wildman–Crippen MR) is 61.4 cm³/mol. The van der Waals surface area contributed by atoms with Crippen LogP contribution in [0.25, 0.3) is 0 Å². The smallest absolute Gasteiger partial charge is 0.407 e. The molecule has 0 bridgehead atoms. The number of nitrogens with one attached hydrogen (secondary N) is 1. The molecule has 0 aromatic heterocycles. The fourth-order valence-corrected chi connectivity index (χ4v) is 1.38. The maximum atomic E-state index is 11.1. The standard InChI is InChI=1S/C10H13BrN2O2/c11-9-4-2-1-3-8(9)7-15-10(14)13-6-5-12/h1-4H,5-7,12H2,(H,13,14). The summed E-state index contributed by atoms with van der Waals surface area (Å²) < 4.78 is 5.90. The van der Waals surface area contributed by atoms with Crippen molar-refractivity contribution in [2.75, 3.05) is 13.1 Å². The molecule has 82 valence electrons. The van der Waals surface area contributed by atoms with E-state index in [0.717, 1.165) is 10.0 Å². The van der Waals surface area contributed by atoms with Crippen LogP contribution in [-0.2, 0) is 11.3 Å². The molecule has 1 amide bonds. The summed E-state index contributed by atoms with van der Waals surface area (Å²) in [5, 5.41) is 2.52. The molecule has 0 aliphatic heterocycles. The van der Waals surface area contributed by atoms with Gasteiger partial charge in [-0.1, -0.05) is 34.1 Å². The first-order valence-electron chi connectivity index (χ1n) is 4.58. The van der Waals surface area contributed by atoms with E-state index in [1.54, 1.807) is 0 Å². The minimum absolute atomic E-state index is 0.248. The van der Waals surface area contributed by atoms with E-state index in [1.807, 2.05) is 24.3 Å². The number of amides is 1. The molecule has 1 aromatic carbocycles. The molecule has 0 heterocycles. The van der Waals surface area contributed by atoms with E-state index >= 15 is 0 Å². The molecular formula is C10H13BrN2O2. The molecule has 1 aromatic rings. The zero-order valence-electron chi connectivity index (χ0n) is 8.20. The Bertz CT molecular complexity index is 331. The summed E-state index contributed by atoms with van der Waals surface area (Å²) in [5.41, 5.74) is 6.16. The Balaban J connectivity index is 2.37. The number of hydrogen-bond acceptors (Lipinski definition) is 3. The third-order valence-corrected chi connectivity index (χ3v) is 2.50. The number of halogens is 1. The number of benzene rings is 1. The van der Waals surface area contributed by atoms with E-state index in [9.17, 15) is 4.79 Å². The molecule has 0 radical (unpaired) electrons. The lowest BCUT2D eigenvalue weighted by Gasteiger charge is -2.07. The Morgan fingerprint density at radius 2 is 2.20 bits per heavy atom. The summed E-state index contributed by atoms with van der Waals surface area (Å²) in [7, 11) is 0. The Kier molecular flexibility index (Phi) is 5.14. The van der Waals surface area contributed by atoms with Gasteiger partial charge >= 0.3 is 6.09 Å². The van der Waals surface area contributed by atoms with Crippen LogP contribution in [0.15, 0.2) is 28.7 Å². The minimum atomic E-state index is -0.448. The summed E-state index contributed by atoms with van der Waals surface area (Å²) in [5.74, 6) is 0. The molecule has 0 saturated heterocycles. The Labute approximate surface area is 96.9 Å². The van der Waals surface area contributed by atoms with Gasteiger partial charge in [0.2, 0.25) is 0 Å². The normalized spacial score (nSPS) is 9.73. The quantitative estimate of drug-likeness (QED) is 0.876. The molecule has 0 spiro atoms.